The van der Waals surface area contributed by atoms with Gasteiger partial charge < -0.3 is 0 Å². The summed E-state index contributed by atoms with van der Waals surface area (Å²) in [5.74, 6) is 0.531. The number of hydrogen-bond acceptors (Lipinski definition) is 1. The fourth-order valence-electron chi connectivity index (χ4n) is 9.73. The van der Waals surface area contributed by atoms with Crippen LogP contribution < -0.4 is 0 Å². The molecule has 0 saturated carbocycles. The van der Waals surface area contributed by atoms with Gasteiger partial charge in [0.25, 0.3) is 0 Å². The summed E-state index contributed by atoms with van der Waals surface area (Å²) in [5, 5.41) is 0. The molecule has 0 radical (unpaired) electrons. The number of aryl methyl sites for hydroxylation is 1. The molecule has 0 heterocycles. The topological polar surface area (TPSA) is 9.23 Å². The third-order valence-electron chi connectivity index (χ3n) is 13.0. The van der Waals surface area contributed by atoms with Gasteiger partial charge in [-0.2, -0.15) is 0 Å². The Labute approximate surface area is 383 Å². The van der Waals surface area contributed by atoms with Crippen LogP contribution in [0.4, 0.5) is 0 Å². The number of hydrogen-bond donors (Lipinski definition) is 0. The molecule has 0 amide bonds. The molecule has 4 heteroatoms. The van der Waals surface area contributed by atoms with E-state index in [2.05, 4.69) is 162 Å². The Morgan fingerprint density at radius 2 is 1.29 bits per heavy atom. The van der Waals surface area contributed by atoms with Crippen LogP contribution in [-0.4, -0.2) is 12.2 Å². The molecule has 0 N–H and O–H groups in total. The first-order chi connectivity index (χ1) is 26.9. The van der Waals surface area contributed by atoms with Gasteiger partial charge in [0.15, 0.2) is 0 Å². The average molecular weight is 911 g/mol. The molecule has 0 bridgehead atoms. The van der Waals surface area contributed by atoms with Crippen LogP contribution >= 0.6 is 24.8 Å². The fourth-order valence-corrected chi connectivity index (χ4v) is 15.2. The van der Waals surface area contributed by atoms with Gasteiger partial charge in [-0.15, -0.1) is 24.8 Å². The summed E-state index contributed by atoms with van der Waals surface area (Å²) >= 11 is -1.08. The van der Waals surface area contributed by atoms with Crippen molar-refractivity contribution in [2.75, 3.05) is 6.61 Å². The third kappa shape index (κ3) is 10.4. The predicted octanol–water partition coefficient (Wildman–Crippen LogP) is 16.4. The third-order valence-corrected chi connectivity index (χ3v) is 18.1. The van der Waals surface area contributed by atoms with Gasteiger partial charge in [-0.05, 0) is 0 Å². The number of fused-ring (bicyclic) bond motifs is 3. The summed E-state index contributed by atoms with van der Waals surface area (Å²) in [5.41, 5.74) is 23.6. The summed E-state index contributed by atoms with van der Waals surface area (Å²) in [6.45, 7) is 28.7. The standard InChI is InChI=1S/C33H45O.C22H25.2ClH.Zr/c1-23-21-26-22-25-13-12-15-29(25)30(24-16-18-27(19-17-24)32(2,3)4)31(26)28(23)14-10-8-9-11-20-34-33(5,6)7;1-15(2)18-13-17-7-6-8-20(21(17)14-18)16-9-11-19(12-10-16)22(3,4)5;;;/h16-19,21-22H,8-15,20H2,1-7H3;6-15H,1-5H3;2*1H;. The van der Waals surface area contributed by atoms with E-state index in [-0.39, 0.29) is 41.2 Å². The molecule has 2 atom stereocenters. The number of benzene rings is 4. The maximum absolute atomic E-state index is 6.08. The monoisotopic (exact) mass is 908 g/mol. The molecular weight excluding hydrogens is 839 g/mol. The first-order valence-electron chi connectivity index (χ1n) is 22.3. The Kier molecular flexibility index (Phi) is 15.4. The molecule has 4 aromatic carbocycles. The zero-order chi connectivity index (χ0) is 40.9. The van der Waals surface area contributed by atoms with Crippen LogP contribution in [0.2, 0.25) is 0 Å². The number of rotatable bonds is 12. The zero-order valence-corrected chi connectivity index (χ0v) is 42.4. The summed E-state index contributed by atoms with van der Waals surface area (Å²) in [6.07, 6.45) is 12.4. The van der Waals surface area contributed by atoms with Crippen LogP contribution in [0, 0.1) is 5.92 Å². The van der Waals surface area contributed by atoms with Crippen LogP contribution in [-0.2, 0) is 51.6 Å². The molecule has 4 aromatic rings. The Balaban J connectivity index is 0.00000331. The molecule has 3 aliphatic rings. The second-order valence-electron chi connectivity index (χ2n) is 20.8. The van der Waals surface area contributed by atoms with Gasteiger partial charge in [0.2, 0.25) is 0 Å². The minimum Gasteiger partial charge on any atom is -0.147 e. The van der Waals surface area contributed by atoms with Crippen molar-refractivity contribution >= 4 is 36.5 Å². The van der Waals surface area contributed by atoms with Crippen molar-refractivity contribution < 1.29 is 28.0 Å². The van der Waals surface area contributed by atoms with Gasteiger partial charge in [0.05, 0.1) is 0 Å². The molecule has 59 heavy (non-hydrogen) atoms. The second-order valence-corrected chi connectivity index (χ2v) is 24.4. The summed E-state index contributed by atoms with van der Waals surface area (Å²) in [6, 6.07) is 29.1. The van der Waals surface area contributed by atoms with Gasteiger partial charge in [-0.25, -0.2) is 0 Å². The van der Waals surface area contributed by atoms with Crippen molar-refractivity contribution in [3.8, 4) is 22.3 Å². The van der Waals surface area contributed by atoms with Crippen molar-refractivity contribution in [2.24, 2.45) is 5.92 Å². The number of unbranched alkanes of at least 4 members (excludes halogenated alkanes) is 3. The summed E-state index contributed by atoms with van der Waals surface area (Å²) in [4.78, 5) is 0. The number of halogens is 2. The quantitative estimate of drug-likeness (QED) is 0.129. The van der Waals surface area contributed by atoms with Gasteiger partial charge in [0, 0.05) is 0 Å². The van der Waals surface area contributed by atoms with E-state index in [4.69, 9.17) is 4.74 Å². The van der Waals surface area contributed by atoms with Crippen LogP contribution in [0.25, 0.3) is 33.9 Å². The van der Waals surface area contributed by atoms with E-state index in [1.807, 2.05) is 0 Å². The van der Waals surface area contributed by atoms with Crippen molar-refractivity contribution in [1.82, 2.24) is 0 Å². The predicted molar refractivity (Wildman–Crippen MR) is 257 cm³/mol. The van der Waals surface area contributed by atoms with E-state index in [9.17, 15) is 0 Å². The van der Waals surface area contributed by atoms with Crippen molar-refractivity contribution in [2.45, 2.75) is 158 Å². The van der Waals surface area contributed by atoms with Crippen molar-refractivity contribution in [3.05, 3.63) is 128 Å². The first kappa shape index (κ1) is 47.8. The number of ether oxygens (including phenoxy) is 1. The Bertz CT molecular complexity index is 2150. The van der Waals surface area contributed by atoms with Crippen molar-refractivity contribution in [3.63, 3.8) is 0 Å². The molecule has 7 rings (SSSR count). The molecular formula is C55H72Cl2OZr. The van der Waals surface area contributed by atoms with Crippen LogP contribution in [0.3, 0.4) is 0 Å². The van der Waals surface area contributed by atoms with Crippen LogP contribution in [0.5, 0.6) is 0 Å². The molecule has 316 valence electrons. The minimum absolute atomic E-state index is 0. The van der Waals surface area contributed by atoms with E-state index in [1.165, 1.54) is 78.3 Å². The largest absolute Gasteiger partial charge is 0.147 e. The first-order valence-corrected chi connectivity index (χ1v) is 25.1. The molecule has 2 unspecified atom stereocenters. The molecule has 3 aliphatic carbocycles. The summed E-state index contributed by atoms with van der Waals surface area (Å²) < 4.78 is 7.25. The van der Waals surface area contributed by atoms with Gasteiger partial charge in [-0.1, -0.05) is 0 Å². The van der Waals surface area contributed by atoms with E-state index in [0.717, 1.165) is 13.0 Å². The normalized spacial score (nSPS) is 17.3. The van der Waals surface area contributed by atoms with Gasteiger partial charge in [-0.3, -0.25) is 0 Å². The summed E-state index contributed by atoms with van der Waals surface area (Å²) in [7, 11) is 0. The fraction of sp³-hybridized carbons (Fsp3) is 0.491. The van der Waals surface area contributed by atoms with E-state index in [0.29, 0.717) is 13.2 Å². The molecule has 0 aliphatic heterocycles. The smallest absolute Gasteiger partial charge is 0.147 e. The van der Waals surface area contributed by atoms with Gasteiger partial charge in [0.1, 0.15) is 0 Å². The molecule has 0 aromatic heterocycles. The van der Waals surface area contributed by atoms with E-state index >= 15 is 0 Å². The molecule has 1 nitrogen and oxygen atoms in total. The van der Waals surface area contributed by atoms with E-state index < -0.39 is 23.2 Å². The van der Waals surface area contributed by atoms with Crippen LogP contribution in [0.15, 0.2) is 83.9 Å². The maximum atomic E-state index is 6.08. The second kappa shape index (κ2) is 19.0. The Morgan fingerprint density at radius 3 is 1.88 bits per heavy atom. The average Bonchev–Trinajstić information content (AvgIpc) is 3.84. The van der Waals surface area contributed by atoms with E-state index in [1.54, 1.807) is 50.1 Å². The Morgan fingerprint density at radius 1 is 0.678 bits per heavy atom. The van der Waals surface area contributed by atoms with Gasteiger partial charge >= 0.3 is 361 Å². The molecule has 0 saturated heterocycles. The number of allylic oxidation sites excluding steroid dienone is 3. The zero-order valence-electron chi connectivity index (χ0n) is 38.3. The van der Waals surface area contributed by atoms with Crippen LogP contribution in [0.1, 0.15) is 173 Å². The SMILES string of the molecule is CC1=C(CCCCCCOC(C)(C)C)c2c(cc3c(c2-c2ccc(C(C)(C)C)cc2)CCC3)[CH]1[Zr][CH]1C(C(C)C)=Cc2c(-c3ccc(C(C)(C)C)cc3)cccc21.Cl.Cl. The maximum Gasteiger partial charge on any atom is -0.147 e. The minimum atomic E-state index is -1.08. The molecule has 0 fully saturated rings. The molecule has 0 spiro atoms. The van der Waals surface area contributed by atoms with Crippen molar-refractivity contribution in [1.29, 1.82) is 0 Å². The Hall–Kier alpha value is -2.22.